The number of nitrogens with two attached hydrogens (primary N) is 1. The van der Waals surface area contributed by atoms with E-state index < -0.39 is 0 Å². The Kier molecular flexibility index (Phi) is 5.10. The molecular formula is C22H26N2O5. The largest absolute Gasteiger partial charge is 0.496 e. The fourth-order valence-corrected chi connectivity index (χ4v) is 4.22. The fourth-order valence-electron chi connectivity index (χ4n) is 4.22. The number of hydrogen-bond donors (Lipinski definition) is 2. The minimum atomic E-state index is -0.0852. The molecule has 1 saturated heterocycles. The molecule has 0 spiro atoms. The van der Waals surface area contributed by atoms with Crippen LogP contribution in [0, 0.1) is 11.3 Å². The first-order valence-corrected chi connectivity index (χ1v) is 9.67. The van der Waals surface area contributed by atoms with E-state index in [1.165, 1.54) is 0 Å². The van der Waals surface area contributed by atoms with Crippen molar-refractivity contribution in [1.82, 2.24) is 4.90 Å². The van der Waals surface area contributed by atoms with Crippen LogP contribution in [0.5, 0.6) is 23.0 Å². The maximum absolute atomic E-state index is 13.0. The van der Waals surface area contributed by atoms with Gasteiger partial charge in [-0.2, -0.15) is 0 Å². The number of aliphatic hydroxyl groups is 1. The van der Waals surface area contributed by atoms with E-state index >= 15 is 0 Å². The Labute approximate surface area is 170 Å². The highest BCUT2D eigenvalue weighted by atomic mass is 16.5. The second-order valence-electron chi connectivity index (χ2n) is 7.72. The van der Waals surface area contributed by atoms with Crippen LogP contribution < -0.4 is 19.9 Å². The summed E-state index contributed by atoms with van der Waals surface area (Å²) in [6.45, 7) is 1.67. The number of nitrogens with zero attached hydrogens (tertiary/aromatic N) is 1. The van der Waals surface area contributed by atoms with Crippen LogP contribution in [0.4, 0.5) is 0 Å². The molecule has 0 bridgehead atoms. The highest BCUT2D eigenvalue weighted by Crippen LogP contribution is 2.57. The normalized spacial score (nSPS) is 22.2. The van der Waals surface area contributed by atoms with Crippen molar-refractivity contribution in [2.45, 2.75) is 13.0 Å². The zero-order valence-corrected chi connectivity index (χ0v) is 16.7. The lowest BCUT2D eigenvalue weighted by Gasteiger charge is -2.21. The number of carbonyl (C=O) groups is 1. The third kappa shape index (κ3) is 3.41. The smallest absolute Gasteiger partial charge is 0.254 e. The van der Waals surface area contributed by atoms with Crippen molar-refractivity contribution in [3.63, 3.8) is 0 Å². The number of likely N-dealkylation sites (tertiary alicyclic amines) is 1. The Bertz CT molecular complexity index is 927. The van der Waals surface area contributed by atoms with Crippen molar-refractivity contribution >= 4 is 5.91 Å². The molecule has 2 aliphatic rings. The van der Waals surface area contributed by atoms with Gasteiger partial charge in [0.05, 0.1) is 26.4 Å². The van der Waals surface area contributed by atoms with Crippen LogP contribution in [-0.4, -0.2) is 49.8 Å². The van der Waals surface area contributed by atoms with E-state index in [0.717, 1.165) is 12.0 Å². The Morgan fingerprint density at radius 2 is 1.93 bits per heavy atom. The van der Waals surface area contributed by atoms with E-state index in [1.54, 1.807) is 38.5 Å². The number of piperidine rings is 1. The maximum atomic E-state index is 13.0. The second kappa shape index (κ2) is 7.57. The van der Waals surface area contributed by atoms with Crippen LogP contribution in [0.1, 0.15) is 22.3 Å². The summed E-state index contributed by atoms with van der Waals surface area (Å²) in [7, 11) is 3.13. The minimum absolute atomic E-state index is 0.0674. The molecule has 1 saturated carbocycles. The summed E-state index contributed by atoms with van der Waals surface area (Å²) in [6.07, 6.45) is 1.00. The summed E-state index contributed by atoms with van der Waals surface area (Å²) in [5, 5.41) is 9.61. The molecule has 2 fully saturated rings. The third-order valence-corrected chi connectivity index (χ3v) is 6.05. The van der Waals surface area contributed by atoms with Crippen molar-refractivity contribution in [2.24, 2.45) is 17.1 Å². The molecule has 0 radical (unpaired) electrons. The van der Waals surface area contributed by atoms with Gasteiger partial charge in [0.1, 0.15) is 11.5 Å². The minimum Gasteiger partial charge on any atom is -0.496 e. The van der Waals surface area contributed by atoms with Crippen LogP contribution >= 0.6 is 0 Å². The first-order valence-electron chi connectivity index (χ1n) is 9.67. The van der Waals surface area contributed by atoms with Crippen molar-refractivity contribution in [3.05, 3.63) is 47.5 Å². The molecule has 2 atom stereocenters. The van der Waals surface area contributed by atoms with E-state index in [0.29, 0.717) is 47.6 Å². The van der Waals surface area contributed by atoms with Crippen LogP contribution in [0.2, 0.25) is 0 Å². The average Bonchev–Trinajstić information content (AvgIpc) is 3.32. The van der Waals surface area contributed by atoms with Gasteiger partial charge in [0.15, 0.2) is 11.5 Å². The number of rotatable bonds is 7. The molecular weight excluding hydrogens is 372 g/mol. The van der Waals surface area contributed by atoms with Crippen molar-refractivity contribution in [2.75, 3.05) is 33.9 Å². The Hall–Kier alpha value is -2.77. The molecule has 7 nitrogen and oxygen atoms in total. The number of methoxy groups -OCH3 is 2. The second-order valence-corrected chi connectivity index (χ2v) is 7.72. The summed E-state index contributed by atoms with van der Waals surface area (Å²) in [4.78, 5) is 14.8. The molecule has 1 aliphatic carbocycles. The quantitative estimate of drug-likeness (QED) is 0.744. The Morgan fingerprint density at radius 3 is 2.59 bits per heavy atom. The first-order chi connectivity index (χ1) is 14.0. The van der Waals surface area contributed by atoms with Gasteiger partial charge >= 0.3 is 0 Å². The van der Waals surface area contributed by atoms with Crippen molar-refractivity contribution in [3.8, 4) is 23.0 Å². The number of ether oxygens (including phenoxy) is 3. The predicted octanol–water partition coefficient (Wildman–Crippen LogP) is 2.41. The molecule has 0 unspecified atom stereocenters. The van der Waals surface area contributed by atoms with E-state index in [2.05, 4.69) is 0 Å². The molecule has 4 rings (SSSR count). The average molecular weight is 398 g/mol. The molecule has 154 valence electrons. The summed E-state index contributed by atoms with van der Waals surface area (Å²) < 4.78 is 16.9. The van der Waals surface area contributed by atoms with E-state index in [-0.39, 0.29) is 24.5 Å². The van der Waals surface area contributed by atoms with Gasteiger partial charge in [0.2, 0.25) is 0 Å². The Morgan fingerprint density at radius 1 is 1.17 bits per heavy atom. The molecule has 3 N–H and O–H groups in total. The molecule has 7 heteroatoms. The monoisotopic (exact) mass is 398 g/mol. The van der Waals surface area contributed by atoms with Crippen LogP contribution in [0.25, 0.3) is 0 Å². The van der Waals surface area contributed by atoms with Gasteiger partial charge in [0, 0.05) is 30.6 Å². The number of aliphatic hydroxyl groups excluding tert-OH is 1. The number of hydrogen-bond acceptors (Lipinski definition) is 6. The molecule has 1 amide bonds. The molecule has 2 aromatic rings. The van der Waals surface area contributed by atoms with Gasteiger partial charge in [-0.15, -0.1) is 0 Å². The van der Waals surface area contributed by atoms with Gasteiger partial charge < -0.3 is 30.0 Å². The Balaban J connectivity index is 1.61. The van der Waals surface area contributed by atoms with E-state index in [4.69, 9.17) is 19.9 Å². The summed E-state index contributed by atoms with van der Waals surface area (Å²) in [6, 6.07) is 10.6. The SMILES string of the molecule is COc1ccc(C(=O)N2C[C@H]3C[C@@]3(CO)C2)cc1Oc1cccc(OC)c1CN. The summed E-state index contributed by atoms with van der Waals surface area (Å²) in [5.74, 6) is 2.49. The zero-order valence-electron chi connectivity index (χ0n) is 16.7. The first kappa shape index (κ1) is 19.5. The molecule has 0 aromatic heterocycles. The summed E-state index contributed by atoms with van der Waals surface area (Å²) in [5.41, 5.74) is 7.05. The van der Waals surface area contributed by atoms with E-state index in [1.807, 2.05) is 17.0 Å². The standard InChI is InChI=1S/C22H26N2O5/c1-27-17-4-3-5-18(16(17)10-23)29-20-8-14(6-7-19(20)28-2)21(26)24-11-15-9-22(15,12-24)13-25/h3-8,15,25H,9-13,23H2,1-2H3/t15-,22+/m1/s1. The van der Waals surface area contributed by atoms with Crippen molar-refractivity contribution < 1.29 is 24.1 Å². The molecule has 2 aromatic carbocycles. The van der Waals surface area contributed by atoms with Gasteiger partial charge in [-0.3, -0.25) is 4.79 Å². The number of amides is 1. The number of benzene rings is 2. The molecule has 1 heterocycles. The van der Waals surface area contributed by atoms with Gasteiger partial charge in [-0.25, -0.2) is 0 Å². The van der Waals surface area contributed by atoms with E-state index in [9.17, 15) is 9.90 Å². The zero-order chi connectivity index (χ0) is 20.6. The lowest BCUT2D eigenvalue weighted by Crippen LogP contribution is -2.32. The third-order valence-electron chi connectivity index (χ3n) is 6.05. The van der Waals surface area contributed by atoms with Crippen LogP contribution in [0.15, 0.2) is 36.4 Å². The maximum Gasteiger partial charge on any atom is 0.254 e. The lowest BCUT2D eigenvalue weighted by atomic mass is 10.1. The number of carbonyl (C=O) groups excluding carboxylic acids is 1. The molecule has 29 heavy (non-hydrogen) atoms. The van der Waals surface area contributed by atoms with Crippen LogP contribution in [0.3, 0.4) is 0 Å². The lowest BCUT2D eigenvalue weighted by molar-refractivity contribution is 0.0751. The van der Waals surface area contributed by atoms with Crippen LogP contribution in [-0.2, 0) is 6.54 Å². The van der Waals surface area contributed by atoms with Crippen molar-refractivity contribution in [1.29, 1.82) is 0 Å². The highest BCUT2D eigenvalue weighted by molar-refractivity contribution is 5.95. The summed E-state index contributed by atoms with van der Waals surface area (Å²) >= 11 is 0. The fraction of sp³-hybridized carbons (Fsp3) is 0.409. The van der Waals surface area contributed by atoms with Gasteiger partial charge in [-0.05, 0) is 42.7 Å². The predicted molar refractivity (Wildman–Crippen MR) is 107 cm³/mol. The topological polar surface area (TPSA) is 94.2 Å². The highest BCUT2D eigenvalue weighted by Gasteiger charge is 2.60. The van der Waals surface area contributed by atoms with Gasteiger partial charge in [0.25, 0.3) is 5.91 Å². The molecule has 1 aliphatic heterocycles. The van der Waals surface area contributed by atoms with Gasteiger partial charge in [-0.1, -0.05) is 6.07 Å². The number of fused-ring (bicyclic) bond motifs is 1.